The van der Waals surface area contributed by atoms with Crippen LogP contribution in [0.1, 0.15) is 12.5 Å². The Bertz CT molecular complexity index is 578. The van der Waals surface area contributed by atoms with Gasteiger partial charge in [-0.3, -0.25) is 9.59 Å². The van der Waals surface area contributed by atoms with Crippen LogP contribution in [0.15, 0.2) is 18.2 Å². The molecule has 0 bridgehead atoms. The number of nitrogens with one attached hydrogen (secondary N) is 1. The lowest BCUT2D eigenvalue weighted by atomic mass is 9.97. The molecule has 0 fully saturated rings. The third kappa shape index (κ3) is 4.84. The Hall–Kier alpha value is -1.79. The van der Waals surface area contributed by atoms with E-state index in [4.69, 9.17) is 25.8 Å². The average molecular weight is 342 g/mol. The molecule has 1 aliphatic rings. The highest BCUT2D eigenvalue weighted by molar-refractivity contribution is 6.30. The summed E-state index contributed by atoms with van der Waals surface area (Å²) >= 11 is 5.96. The molecular formula is C16H20ClNO5. The number of halogens is 1. The molecule has 1 aliphatic heterocycles. The van der Waals surface area contributed by atoms with Gasteiger partial charge in [0, 0.05) is 18.7 Å². The van der Waals surface area contributed by atoms with Crippen molar-refractivity contribution in [3.63, 3.8) is 0 Å². The summed E-state index contributed by atoms with van der Waals surface area (Å²) in [6.07, 6.45) is -0.382. The minimum absolute atomic E-state index is 0.228. The van der Waals surface area contributed by atoms with Gasteiger partial charge in [-0.05, 0) is 37.1 Å². The Morgan fingerprint density at radius 3 is 3.00 bits per heavy atom. The molecule has 0 aliphatic carbocycles. The van der Waals surface area contributed by atoms with Gasteiger partial charge < -0.3 is 19.5 Å². The number of hydrogen-bond donors (Lipinski definition) is 1. The SMILES string of the molecule is COCCNC(=O)[C@@H](C)OC(=O)[C@@H]1COc2ccc(Cl)cc2C1. The number of fused-ring (bicyclic) bond motifs is 1. The van der Waals surface area contributed by atoms with E-state index in [1.54, 1.807) is 25.3 Å². The molecule has 0 saturated heterocycles. The fourth-order valence-corrected chi connectivity index (χ4v) is 2.45. The number of esters is 1. The van der Waals surface area contributed by atoms with Crippen molar-refractivity contribution in [1.29, 1.82) is 0 Å². The summed E-state index contributed by atoms with van der Waals surface area (Å²) in [5.41, 5.74) is 0.864. The first-order chi connectivity index (χ1) is 11.0. The molecule has 1 aromatic rings. The molecule has 23 heavy (non-hydrogen) atoms. The maximum Gasteiger partial charge on any atom is 0.313 e. The van der Waals surface area contributed by atoms with Crippen molar-refractivity contribution in [1.82, 2.24) is 5.32 Å². The average Bonchev–Trinajstić information content (AvgIpc) is 2.54. The van der Waals surface area contributed by atoms with Crippen LogP contribution >= 0.6 is 11.6 Å². The maximum atomic E-state index is 12.2. The second kappa shape index (κ2) is 8.17. The van der Waals surface area contributed by atoms with Gasteiger partial charge in [0.15, 0.2) is 6.10 Å². The van der Waals surface area contributed by atoms with Gasteiger partial charge in [-0.1, -0.05) is 11.6 Å². The van der Waals surface area contributed by atoms with Gasteiger partial charge in [0.05, 0.1) is 12.5 Å². The minimum Gasteiger partial charge on any atom is -0.492 e. The molecule has 1 amide bonds. The molecule has 0 aromatic heterocycles. The molecule has 1 N–H and O–H groups in total. The van der Waals surface area contributed by atoms with Gasteiger partial charge in [-0.2, -0.15) is 0 Å². The fraction of sp³-hybridized carbons (Fsp3) is 0.500. The smallest absolute Gasteiger partial charge is 0.313 e. The number of carbonyl (C=O) groups excluding carboxylic acids is 2. The van der Waals surface area contributed by atoms with Gasteiger partial charge >= 0.3 is 5.97 Å². The van der Waals surface area contributed by atoms with Crippen LogP contribution in [0.4, 0.5) is 0 Å². The molecule has 0 spiro atoms. The van der Waals surface area contributed by atoms with Crippen LogP contribution in [0.25, 0.3) is 0 Å². The molecule has 2 rings (SSSR count). The lowest BCUT2D eigenvalue weighted by molar-refractivity contribution is -0.160. The quantitative estimate of drug-likeness (QED) is 0.628. The first kappa shape index (κ1) is 17.6. The van der Waals surface area contributed by atoms with E-state index >= 15 is 0 Å². The summed E-state index contributed by atoms with van der Waals surface area (Å²) in [6.45, 7) is 2.54. The number of rotatable bonds is 6. The second-order valence-corrected chi connectivity index (χ2v) is 5.76. The van der Waals surface area contributed by atoms with Crippen LogP contribution in [-0.2, 0) is 25.5 Å². The number of benzene rings is 1. The van der Waals surface area contributed by atoms with E-state index in [1.165, 1.54) is 6.92 Å². The van der Waals surface area contributed by atoms with Crippen molar-refractivity contribution in [2.45, 2.75) is 19.4 Å². The fourth-order valence-electron chi connectivity index (χ4n) is 2.26. The van der Waals surface area contributed by atoms with Crippen molar-refractivity contribution >= 4 is 23.5 Å². The van der Waals surface area contributed by atoms with Gasteiger partial charge in [-0.25, -0.2) is 0 Å². The van der Waals surface area contributed by atoms with Gasteiger partial charge in [0.2, 0.25) is 0 Å². The molecule has 1 aromatic carbocycles. The van der Waals surface area contributed by atoms with Crippen molar-refractivity contribution in [2.75, 3.05) is 26.9 Å². The topological polar surface area (TPSA) is 73.9 Å². The number of ether oxygens (including phenoxy) is 3. The molecule has 7 heteroatoms. The van der Waals surface area contributed by atoms with Gasteiger partial charge in [0.25, 0.3) is 5.91 Å². The van der Waals surface area contributed by atoms with Crippen LogP contribution in [0, 0.1) is 5.92 Å². The molecule has 126 valence electrons. The lowest BCUT2D eigenvalue weighted by Gasteiger charge is -2.25. The summed E-state index contributed by atoms with van der Waals surface area (Å²) in [7, 11) is 1.54. The minimum atomic E-state index is -0.861. The largest absolute Gasteiger partial charge is 0.492 e. The van der Waals surface area contributed by atoms with Crippen LogP contribution in [-0.4, -0.2) is 44.8 Å². The predicted molar refractivity (Wildman–Crippen MR) is 84.6 cm³/mol. The van der Waals surface area contributed by atoms with Crippen molar-refractivity contribution in [2.24, 2.45) is 5.92 Å². The zero-order valence-electron chi connectivity index (χ0n) is 13.1. The normalized spacial score (nSPS) is 17.6. The van der Waals surface area contributed by atoms with Gasteiger partial charge in [-0.15, -0.1) is 0 Å². The number of carbonyl (C=O) groups is 2. The van der Waals surface area contributed by atoms with Crippen LogP contribution in [0.2, 0.25) is 5.02 Å². The molecule has 1 heterocycles. The summed E-state index contributed by atoms with van der Waals surface area (Å²) in [5.74, 6) is -0.528. The zero-order chi connectivity index (χ0) is 16.8. The highest BCUT2D eigenvalue weighted by Crippen LogP contribution is 2.30. The Kier molecular flexibility index (Phi) is 6.24. The molecular weight excluding hydrogens is 322 g/mol. The summed E-state index contributed by atoms with van der Waals surface area (Å²) < 4.78 is 15.6. The predicted octanol–water partition coefficient (Wildman–Crippen LogP) is 1.59. The van der Waals surface area contributed by atoms with Crippen LogP contribution in [0.3, 0.4) is 0 Å². The molecule has 0 saturated carbocycles. The summed E-state index contributed by atoms with van der Waals surface area (Å²) in [6, 6.07) is 5.30. The third-order valence-corrected chi connectivity index (χ3v) is 3.76. The van der Waals surface area contributed by atoms with Crippen molar-refractivity contribution < 1.29 is 23.8 Å². The maximum absolute atomic E-state index is 12.2. The highest BCUT2D eigenvalue weighted by atomic mass is 35.5. The van der Waals surface area contributed by atoms with E-state index in [2.05, 4.69) is 5.32 Å². The zero-order valence-corrected chi connectivity index (χ0v) is 13.9. The monoisotopic (exact) mass is 341 g/mol. The van der Waals surface area contributed by atoms with E-state index in [1.807, 2.05) is 0 Å². The molecule has 2 atom stereocenters. The summed E-state index contributed by atoms with van der Waals surface area (Å²) in [4.78, 5) is 24.0. The van der Waals surface area contributed by atoms with Crippen molar-refractivity contribution in [3.05, 3.63) is 28.8 Å². The number of amides is 1. The Morgan fingerprint density at radius 1 is 1.48 bits per heavy atom. The van der Waals surface area contributed by atoms with E-state index < -0.39 is 18.0 Å². The molecule has 0 radical (unpaired) electrons. The van der Waals surface area contributed by atoms with E-state index in [9.17, 15) is 9.59 Å². The lowest BCUT2D eigenvalue weighted by Crippen LogP contribution is -2.40. The molecule has 6 nitrogen and oxygen atoms in total. The van der Waals surface area contributed by atoms with E-state index in [0.29, 0.717) is 24.6 Å². The number of methoxy groups -OCH3 is 1. The van der Waals surface area contributed by atoms with Gasteiger partial charge in [0.1, 0.15) is 12.4 Å². The third-order valence-electron chi connectivity index (χ3n) is 3.53. The summed E-state index contributed by atoms with van der Waals surface area (Å²) in [5, 5.41) is 3.21. The Balaban J connectivity index is 1.88. The van der Waals surface area contributed by atoms with E-state index in [0.717, 1.165) is 11.3 Å². The first-order valence-corrected chi connectivity index (χ1v) is 7.77. The number of hydrogen-bond acceptors (Lipinski definition) is 5. The van der Waals surface area contributed by atoms with E-state index in [-0.39, 0.29) is 12.5 Å². The highest BCUT2D eigenvalue weighted by Gasteiger charge is 2.29. The first-order valence-electron chi connectivity index (χ1n) is 7.39. The Morgan fingerprint density at radius 2 is 2.26 bits per heavy atom. The molecule has 0 unspecified atom stereocenters. The van der Waals surface area contributed by atoms with Crippen LogP contribution < -0.4 is 10.1 Å². The van der Waals surface area contributed by atoms with Crippen LogP contribution in [0.5, 0.6) is 5.75 Å². The standard InChI is InChI=1S/C16H20ClNO5/c1-10(15(19)18-5-6-21-2)23-16(20)12-7-11-8-13(17)3-4-14(11)22-9-12/h3-4,8,10,12H,5-7,9H2,1-2H3,(H,18,19)/t10-,12+/m1/s1. The van der Waals surface area contributed by atoms with Crippen molar-refractivity contribution in [3.8, 4) is 5.75 Å². The Labute approximate surface area is 140 Å². The second-order valence-electron chi connectivity index (χ2n) is 5.33.